The third-order valence-electron chi connectivity index (χ3n) is 3.57. The number of thiophene rings is 1. The lowest BCUT2D eigenvalue weighted by Crippen LogP contribution is -2.25. The van der Waals surface area contributed by atoms with Crippen molar-refractivity contribution in [2.75, 3.05) is 6.54 Å². The minimum atomic E-state index is 0.219. The zero-order valence-electron chi connectivity index (χ0n) is 12.1. The maximum atomic E-state index is 4.47. The summed E-state index contributed by atoms with van der Waals surface area (Å²) in [5, 5.41) is 7.21. The first-order valence-corrected chi connectivity index (χ1v) is 8.21. The number of hydrogen-bond acceptors (Lipinski definition) is 4. The fourth-order valence-corrected chi connectivity index (χ4v) is 3.48. The lowest BCUT2D eigenvalue weighted by Gasteiger charge is -2.17. The summed E-state index contributed by atoms with van der Waals surface area (Å²) in [6.07, 6.45) is 7.41. The maximum Gasteiger partial charge on any atom is 0.0759 e. The Morgan fingerprint density at radius 2 is 2.14 bits per heavy atom. The molecule has 3 nitrogen and oxygen atoms in total. The van der Waals surface area contributed by atoms with E-state index in [0.717, 1.165) is 25.1 Å². The quantitative estimate of drug-likeness (QED) is 0.748. The molecule has 3 rings (SSSR count). The molecule has 1 unspecified atom stereocenters. The van der Waals surface area contributed by atoms with Crippen molar-refractivity contribution in [1.82, 2.24) is 15.3 Å². The number of nitrogens with one attached hydrogen (secondary N) is 1. The molecule has 2 heterocycles. The molecule has 2 aromatic heterocycles. The molecule has 21 heavy (non-hydrogen) atoms. The van der Waals surface area contributed by atoms with Crippen LogP contribution in [0, 0.1) is 0 Å². The van der Waals surface area contributed by atoms with Crippen LogP contribution < -0.4 is 5.32 Å². The summed E-state index contributed by atoms with van der Waals surface area (Å²) in [7, 11) is 0. The number of rotatable bonds is 6. The molecule has 1 atom stereocenters. The predicted octanol–water partition coefficient (Wildman–Crippen LogP) is 3.97. The monoisotopic (exact) mass is 297 g/mol. The Bertz CT molecular complexity index is 693. The highest BCUT2D eigenvalue weighted by atomic mass is 32.1. The van der Waals surface area contributed by atoms with Crippen LogP contribution in [0.3, 0.4) is 0 Å². The van der Waals surface area contributed by atoms with E-state index in [1.54, 1.807) is 12.4 Å². The summed E-state index contributed by atoms with van der Waals surface area (Å²) < 4.78 is 1.35. The van der Waals surface area contributed by atoms with Crippen molar-refractivity contribution in [3.8, 4) is 0 Å². The molecule has 0 aliphatic carbocycles. The van der Waals surface area contributed by atoms with Crippen LogP contribution in [0.25, 0.3) is 10.1 Å². The second-order valence-corrected chi connectivity index (χ2v) is 6.01. The molecule has 0 fully saturated rings. The molecule has 0 saturated carbocycles. The second-order valence-electron chi connectivity index (χ2n) is 5.10. The van der Waals surface area contributed by atoms with E-state index in [2.05, 4.69) is 51.9 Å². The van der Waals surface area contributed by atoms with Crippen LogP contribution >= 0.6 is 11.3 Å². The Morgan fingerprint density at radius 3 is 2.95 bits per heavy atom. The molecular formula is C17H19N3S. The highest BCUT2D eigenvalue weighted by Gasteiger charge is 2.15. The molecular weight excluding hydrogens is 278 g/mol. The van der Waals surface area contributed by atoms with Gasteiger partial charge in [-0.15, -0.1) is 11.3 Å². The molecule has 0 aliphatic heterocycles. The smallest absolute Gasteiger partial charge is 0.0759 e. The molecule has 0 radical (unpaired) electrons. The van der Waals surface area contributed by atoms with E-state index in [0.29, 0.717) is 0 Å². The van der Waals surface area contributed by atoms with Gasteiger partial charge in [0.1, 0.15) is 0 Å². The lowest BCUT2D eigenvalue weighted by molar-refractivity contribution is 0.517. The largest absolute Gasteiger partial charge is 0.308 e. The van der Waals surface area contributed by atoms with Gasteiger partial charge in [0.25, 0.3) is 0 Å². The normalized spacial score (nSPS) is 12.6. The molecule has 0 bridgehead atoms. The SMILES string of the molecule is CCCNC(Cc1csc2ccccc12)c1cnccn1. The molecule has 0 saturated heterocycles. The highest BCUT2D eigenvalue weighted by Crippen LogP contribution is 2.29. The first kappa shape index (κ1) is 14.2. The van der Waals surface area contributed by atoms with E-state index in [1.807, 2.05) is 17.5 Å². The van der Waals surface area contributed by atoms with E-state index in [4.69, 9.17) is 0 Å². The number of hydrogen-bond donors (Lipinski definition) is 1. The maximum absolute atomic E-state index is 4.47. The molecule has 1 aromatic carbocycles. The van der Waals surface area contributed by atoms with Gasteiger partial charge in [-0.25, -0.2) is 0 Å². The predicted molar refractivity (Wildman–Crippen MR) is 88.6 cm³/mol. The van der Waals surface area contributed by atoms with Gasteiger partial charge in [-0.3, -0.25) is 9.97 Å². The van der Waals surface area contributed by atoms with Crippen molar-refractivity contribution >= 4 is 21.4 Å². The summed E-state index contributed by atoms with van der Waals surface area (Å²) in [5.74, 6) is 0. The molecule has 0 spiro atoms. The van der Waals surface area contributed by atoms with E-state index in [9.17, 15) is 0 Å². The number of nitrogens with zero attached hydrogens (tertiary/aromatic N) is 2. The molecule has 1 N–H and O–H groups in total. The first-order chi connectivity index (χ1) is 10.4. The van der Waals surface area contributed by atoms with Crippen LogP contribution in [0.4, 0.5) is 0 Å². The average Bonchev–Trinajstić information content (AvgIpc) is 2.95. The fraction of sp³-hybridized carbons (Fsp3) is 0.294. The summed E-state index contributed by atoms with van der Waals surface area (Å²) in [5.41, 5.74) is 2.40. The van der Waals surface area contributed by atoms with E-state index in [1.165, 1.54) is 15.6 Å². The van der Waals surface area contributed by atoms with Gasteiger partial charge in [0.15, 0.2) is 0 Å². The van der Waals surface area contributed by atoms with Gasteiger partial charge in [0.05, 0.1) is 11.7 Å². The van der Waals surface area contributed by atoms with Gasteiger partial charge in [-0.2, -0.15) is 0 Å². The van der Waals surface area contributed by atoms with Crippen LogP contribution in [0.5, 0.6) is 0 Å². The van der Waals surface area contributed by atoms with Gasteiger partial charge in [-0.1, -0.05) is 25.1 Å². The third kappa shape index (κ3) is 3.28. The standard InChI is InChI=1S/C17H19N3S/c1-2-7-19-15(16-11-18-8-9-20-16)10-13-12-21-17-6-4-3-5-14(13)17/h3-6,8-9,11-12,15,19H,2,7,10H2,1H3. The van der Waals surface area contributed by atoms with Gasteiger partial charge in [0.2, 0.25) is 0 Å². The number of aromatic nitrogens is 2. The molecule has 108 valence electrons. The zero-order chi connectivity index (χ0) is 14.5. The number of benzene rings is 1. The van der Waals surface area contributed by atoms with Crippen molar-refractivity contribution in [2.24, 2.45) is 0 Å². The van der Waals surface area contributed by atoms with Gasteiger partial charge in [-0.05, 0) is 41.8 Å². The van der Waals surface area contributed by atoms with Crippen LogP contribution in [0.15, 0.2) is 48.2 Å². The minimum absolute atomic E-state index is 0.219. The highest BCUT2D eigenvalue weighted by molar-refractivity contribution is 7.17. The summed E-state index contributed by atoms with van der Waals surface area (Å²) >= 11 is 1.81. The van der Waals surface area contributed by atoms with Crippen molar-refractivity contribution in [1.29, 1.82) is 0 Å². The Balaban J connectivity index is 1.87. The Morgan fingerprint density at radius 1 is 1.24 bits per heavy atom. The van der Waals surface area contributed by atoms with Crippen molar-refractivity contribution in [3.63, 3.8) is 0 Å². The Labute approximate surface area is 129 Å². The first-order valence-electron chi connectivity index (χ1n) is 7.33. The number of fused-ring (bicyclic) bond motifs is 1. The Hall–Kier alpha value is -1.78. The van der Waals surface area contributed by atoms with Crippen molar-refractivity contribution < 1.29 is 0 Å². The lowest BCUT2D eigenvalue weighted by atomic mass is 10.0. The second kappa shape index (κ2) is 6.78. The third-order valence-corrected chi connectivity index (χ3v) is 4.58. The Kier molecular flexibility index (Phi) is 4.58. The van der Waals surface area contributed by atoms with Gasteiger partial charge < -0.3 is 5.32 Å². The fourth-order valence-electron chi connectivity index (χ4n) is 2.50. The van der Waals surface area contributed by atoms with Gasteiger partial charge >= 0.3 is 0 Å². The zero-order valence-corrected chi connectivity index (χ0v) is 12.9. The van der Waals surface area contributed by atoms with E-state index >= 15 is 0 Å². The van der Waals surface area contributed by atoms with Crippen LogP contribution in [0.2, 0.25) is 0 Å². The minimum Gasteiger partial charge on any atom is -0.308 e. The average molecular weight is 297 g/mol. The molecule has 4 heteroatoms. The summed E-state index contributed by atoms with van der Waals surface area (Å²) in [4.78, 5) is 8.68. The van der Waals surface area contributed by atoms with Gasteiger partial charge in [0, 0.05) is 23.3 Å². The van der Waals surface area contributed by atoms with E-state index in [-0.39, 0.29) is 6.04 Å². The van der Waals surface area contributed by atoms with Crippen LogP contribution in [-0.2, 0) is 6.42 Å². The van der Waals surface area contributed by atoms with E-state index < -0.39 is 0 Å². The summed E-state index contributed by atoms with van der Waals surface area (Å²) in [6.45, 7) is 3.17. The molecule has 3 aromatic rings. The molecule has 0 aliphatic rings. The summed E-state index contributed by atoms with van der Waals surface area (Å²) in [6, 6.07) is 8.80. The topological polar surface area (TPSA) is 37.8 Å². The van der Waals surface area contributed by atoms with Crippen molar-refractivity contribution in [2.45, 2.75) is 25.8 Å². The van der Waals surface area contributed by atoms with Crippen molar-refractivity contribution in [3.05, 3.63) is 59.5 Å². The molecule has 0 amide bonds. The van der Waals surface area contributed by atoms with Crippen LogP contribution in [0.1, 0.15) is 30.6 Å². The van der Waals surface area contributed by atoms with Crippen LogP contribution in [-0.4, -0.2) is 16.5 Å².